The van der Waals surface area contributed by atoms with Gasteiger partial charge in [0.25, 0.3) is 0 Å². The summed E-state index contributed by atoms with van der Waals surface area (Å²) in [5, 5.41) is 0. The lowest BCUT2D eigenvalue weighted by Gasteiger charge is -2.30. The van der Waals surface area contributed by atoms with Gasteiger partial charge in [-0.15, -0.1) is 0 Å². The van der Waals surface area contributed by atoms with E-state index < -0.39 is 5.41 Å². The molecule has 1 saturated carbocycles. The molecule has 0 aromatic carbocycles. The molecule has 5 heteroatoms. The maximum Gasteiger partial charge on any atom is 0.225 e. The van der Waals surface area contributed by atoms with Crippen LogP contribution in [0.25, 0.3) is 0 Å². The van der Waals surface area contributed by atoms with E-state index in [0.29, 0.717) is 31.8 Å². The van der Waals surface area contributed by atoms with Crippen molar-refractivity contribution >= 4 is 11.8 Å². The number of primary amides is 1. The quantitative estimate of drug-likeness (QED) is 0.785. The van der Waals surface area contributed by atoms with Gasteiger partial charge in [0.1, 0.15) is 0 Å². The van der Waals surface area contributed by atoms with Crippen molar-refractivity contribution in [3.05, 3.63) is 0 Å². The second-order valence-corrected chi connectivity index (χ2v) is 6.40. The molecular weight excluding hydrogens is 242 g/mol. The Kier molecular flexibility index (Phi) is 4.13. The Labute approximate surface area is 114 Å². The van der Waals surface area contributed by atoms with E-state index in [4.69, 9.17) is 11.5 Å². The van der Waals surface area contributed by atoms with Gasteiger partial charge in [0.2, 0.25) is 11.8 Å². The molecule has 0 bridgehead atoms. The maximum atomic E-state index is 12.3. The smallest absolute Gasteiger partial charge is 0.225 e. The molecule has 1 aliphatic heterocycles. The molecule has 2 rings (SSSR count). The molecule has 1 saturated heterocycles. The van der Waals surface area contributed by atoms with Crippen molar-refractivity contribution in [2.75, 3.05) is 13.1 Å². The Bertz CT molecular complexity index is 372. The molecule has 0 radical (unpaired) electrons. The van der Waals surface area contributed by atoms with E-state index in [2.05, 4.69) is 0 Å². The number of carbonyl (C=O) groups is 2. The molecule has 2 fully saturated rings. The van der Waals surface area contributed by atoms with Crippen molar-refractivity contribution in [1.82, 2.24) is 4.90 Å². The first kappa shape index (κ1) is 14.3. The molecule has 0 spiro atoms. The first-order valence-electron chi connectivity index (χ1n) is 7.26. The summed E-state index contributed by atoms with van der Waals surface area (Å²) >= 11 is 0. The molecule has 0 aromatic rings. The standard InChI is InChI=1S/C14H25N3O2/c1-14(13(16)19)6-7-17(9-14)12(18)8-10-4-2-3-5-11(10)15/h10-11H,2-9,15H2,1H3,(H2,16,19). The Morgan fingerprint density at radius 2 is 2.00 bits per heavy atom. The maximum absolute atomic E-state index is 12.3. The topological polar surface area (TPSA) is 89.4 Å². The van der Waals surface area contributed by atoms with Crippen LogP contribution in [-0.2, 0) is 9.59 Å². The number of nitrogens with two attached hydrogens (primary N) is 2. The summed E-state index contributed by atoms with van der Waals surface area (Å²) in [6, 6.07) is 0.155. The third-order valence-electron chi connectivity index (χ3n) is 4.83. The van der Waals surface area contributed by atoms with Crippen LogP contribution in [0.3, 0.4) is 0 Å². The minimum atomic E-state index is -0.551. The molecule has 2 amide bonds. The highest BCUT2D eigenvalue weighted by molar-refractivity contribution is 5.83. The van der Waals surface area contributed by atoms with Gasteiger partial charge in [-0.1, -0.05) is 12.8 Å². The number of carbonyl (C=O) groups excluding carboxylic acids is 2. The Morgan fingerprint density at radius 3 is 2.58 bits per heavy atom. The van der Waals surface area contributed by atoms with Crippen LogP contribution >= 0.6 is 0 Å². The minimum Gasteiger partial charge on any atom is -0.369 e. The van der Waals surface area contributed by atoms with E-state index in [1.54, 1.807) is 4.90 Å². The molecule has 2 aliphatic rings. The van der Waals surface area contributed by atoms with Gasteiger partial charge in [-0.05, 0) is 32.1 Å². The van der Waals surface area contributed by atoms with E-state index in [1.165, 1.54) is 12.8 Å². The second-order valence-electron chi connectivity index (χ2n) is 6.40. The average Bonchev–Trinajstić information content (AvgIpc) is 2.76. The fourth-order valence-corrected chi connectivity index (χ4v) is 3.22. The first-order chi connectivity index (χ1) is 8.92. The average molecular weight is 267 g/mol. The molecule has 19 heavy (non-hydrogen) atoms. The summed E-state index contributed by atoms with van der Waals surface area (Å²) in [4.78, 5) is 25.5. The Hall–Kier alpha value is -1.10. The van der Waals surface area contributed by atoms with Gasteiger partial charge in [-0.3, -0.25) is 9.59 Å². The van der Waals surface area contributed by atoms with Gasteiger partial charge < -0.3 is 16.4 Å². The van der Waals surface area contributed by atoms with E-state index in [9.17, 15) is 9.59 Å². The highest BCUT2D eigenvalue weighted by Gasteiger charge is 2.41. The van der Waals surface area contributed by atoms with E-state index >= 15 is 0 Å². The molecule has 5 nitrogen and oxygen atoms in total. The first-order valence-corrected chi connectivity index (χ1v) is 7.26. The largest absolute Gasteiger partial charge is 0.369 e. The fraction of sp³-hybridized carbons (Fsp3) is 0.857. The van der Waals surface area contributed by atoms with Crippen LogP contribution in [0.15, 0.2) is 0 Å². The van der Waals surface area contributed by atoms with Crippen LogP contribution in [0.2, 0.25) is 0 Å². The van der Waals surface area contributed by atoms with E-state index in [0.717, 1.165) is 12.8 Å². The molecule has 108 valence electrons. The van der Waals surface area contributed by atoms with Crippen molar-refractivity contribution in [2.24, 2.45) is 22.8 Å². The van der Waals surface area contributed by atoms with E-state index in [-0.39, 0.29) is 17.9 Å². The number of nitrogens with zero attached hydrogens (tertiary/aromatic N) is 1. The summed E-state index contributed by atoms with van der Waals surface area (Å²) in [5.41, 5.74) is 10.9. The van der Waals surface area contributed by atoms with Crippen LogP contribution in [-0.4, -0.2) is 35.8 Å². The lowest BCUT2D eigenvalue weighted by Crippen LogP contribution is -2.41. The summed E-state index contributed by atoms with van der Waals surface area (Å²) in [6.45, 7) is 2.94. The van der Waals surface area contributed by atoms with Crippen LogP contribution in [0, 0.1) is 11.3 Å². The van der Waals surface area contributed by atoms with E-state index in [1.807, 2.05) is 6.92 Å². The van der Waals surface area contributed by atoms with Crippen LogP contribution < -0.4 is 11.5 Å². The molecule has 1 heterocycles. The Balaban J connectivity index is 1.89. The van der Waals surface area contributed by atoms with Crippen molar-refractivity contribution in [1.29, 1.82) is 0 Å². The monoisotopic (exact) mass is 267 g/mol. The normalized spacial score (nSPS) is 35.4. The summed E-state index contributed by atoms with van der Waals surface area (Å²) in [7, 11) is 0. The molecule has 0 aromatic heterocycles. The predicted octanol–water partition coefficient (Wildman–Crippen LogP) is 0.618. The van der Waals surface area contributed by atoms with Gasteiger partial charge in [0.05, 0.1) is 5.41 Å². The summed E-state index contributed by atoms with van der Waals surface area (Å²) < 4.78 is 0. The van der Waals surface area contributed by atoms with Crippen LogP contribution in [0.1, 0.15) is 45.4 Å². The summed E-state index contributed by atoms with van der Waals surface area (Å²) in [6.07, 6.45) is 5.62. The molecular formula is C14H25N3O2. The number of hydrogen-bond acceptors (Lipinski definition) is 3. The highest BCUT2D eigenvalue weighted by Crippen LogP contribution is 2.32. The third kappa shape index (κ3) is 3.08. The zero-order chi connectivity index (χ0) is 14.0. The van der Waals surface area contributed by atoms with Gasteiger partial charge in [-0.25, -0.2) is 0 Å². The van der Waals surface area contributed by atoms with Crippen LogP contribution in [0.5, 0.6) is 0 Å². The van der Waals surface area contributed by atoms with Gasteiger partial charge in [-0.2, -0.15) is 0 Å². The number of likely N-dealkylation sites (tertiary alicyclic amines) is 1. The molecule has 4 N–H and O–H groups in total. The minimum absolute atomic E-state index is 0.132. The van der Waals surface area contributed by atoms with Crippen molar-refractivity contribution in [3.8, 4) is 0 Å². The summed E-state index contributed by atoms with van der Waals surface area (Å²) in [5.74, 6) is 0.131. The van der Waals surface area contributed by atoms with Crippen molar-refractivity contribution < 1.29 is 9.59 Å². The molecule has 3 atom stereocenters. The van der Waals surface area contributed by atoms with Crippen molar-refractivity contribution in [2.45, 2.75) is 51.5 Å². The lowest BCUT2D eigenvalue weighted by atomic mass is 9.82. The fourth-order valence-electron chi connectivity index (χ4n) is 3.22. The lowest BCUT2D eigenvalue weighted by molar-refractivity contribution is -0.132. The second kappa shape index (κ2) is 5.49. The SMILES string of the molecule is CC1(C(N)=O)CCN(C(=O)CC2CCCCC2N)C1. The van der Waals surface area contributed by atoms with Gasteiger partial charge in [0, 0.05) is 25.6 Å². The number of rotatable bonds is 3. The number of amides is 2. The third-order valence-corrected chi connectivity index (χ3v) is 4.83. The highest BCUT2D eigenvalue weighted by atomic mass is 16.2. The van der Waals surface area contributed by atoms with Crippen molar-refractivity contribution in [3.63, 3.8) is 0 Å². The number of hydrogen-bond donors (Lipinski definition) is 2. The zero-order valence-corrected chi connectivity index (χ0v) is 11.7. The predicted molar refractivity (Wildman–Crippen MR) is 73.0 cm³/mol. The van der Waals surface area contributed by atoms with Crippen LogP contribution in [0.4, 0.5) is 0 Å². The molecule has 3 unspecified atom stereocenters. The zero-order valence-electron chi connectivity index (χ0n) is 11.7. The Morgan fingerprint density at radius 1 is 1.32 bits per heavy atom. The van der Waals surface area contributed by atoms with Gasteiger partial charge >= 0.3 is 0 Å². The molecule has 1 aliphatic carbocycles. The van der Waals surface area contributed by atoms with Gasteiger partial charge in [0.15, 0.2) is 0 Å².